The monoisotopic (exact) mass is 380 g/mol. The van der Waals surface area contributed by atoms with Crippen LogP contribution in [-0.2, 0) is 16.2 Å². The van der Waals surface area contributed by atoms with Crippen LogP contribution < -0.4 is 0 Å². The molecule has 1 fully saturated rings. The van der Waals surface area contributed by atoms with E-state index in [1.54, 1.807) is 0 Å². The topological polar surface area (TPSA) is 61.2 Å². The average molecular weight is 380 g/mol. The van der Waals surface area contributed by atoms with Crippen LogP contribution in [0.1, 0.15) is 35.6 Å². The molecule has 0 bridgehead atoms. The molecule has 0 spiro atoms. The lowest BCUT2D eigenvalue weighted by Crippen LogP contribution is -2.31. The summed E-state index contributed by atoms with van der Waals surface area (Å²) in [5, 5.41) is 8.97. The molecule has 1 atom stereocenters. The molecule has 26 heavy (non-hydrogen) atoms. The fraction of sp³-hybridized carbons (Fsp3) is 0.278. The van der Waals surface area contributed by atoms with Gasteiger partial charge in [0.15, 0.2) is 0 Å². The summed E-state index contributed by atoms with van der Waals surface area (Å²) in [4.78, 5) is -0.0899. The third-order valence-electron chi connectivity index (χ3n) is 4.40. The van der Waals surface area contributed by atoms with Crippen LogP contribution in [0.25, 0.3) is 0 Å². The molecule has 2 aromatic rings. The summed E-state index contributed by atoms with van der Waals surface area (Å²) in [6, 6.07) is 11.5. The van der Waals surface area contributed by atoms with Crippen molar-refractivity contribution in [3.8, 4) is 6.07 Å². The number of hydrogen-bond donors (Lipinski definition) is 0. The first-order valence-corrected chi connectivity index (χ1v) is 9.37. The lowest BCUT2D eigenvalue weighted by Gasteiger charge is -2.26. The normalized spacial score (nSPS) is 18.6. The summed E-state index contributed by atoms with van der Waals surface area (Å²) >= 11 is 0. The summed E-state index contributed by atoms with van der Waals surface area (Å²) in [5.41, 5.74) is -0.687. The van der Waals surface area contributed by atoms with Gasteiger partial charge in [0.25, 0.3) is 0 Å². The minimum Gasteiger partial charge on any atom is -0.207 e. The van der Waals surface area contributed by atoms with E-state index >= 15 is 0 Å². The number of rotatable bonds is 3. The summed E-state index contributed by atoms with van der Waals surface area (Å²) in [7, 11) is -4.02. The quantitative estimate of drug-likeness (QED) is 0.805. The third-order valence-corrected chi connectivity index (χ3v) is 6.30. The van der Waals surface area contributed by atoms with Crippen molar-refractivity contribution in [1.82, 2.24) is 4.31 Å². The minimum atomic E-state index is -4.56. The highest BCUT2D eigenvalue weighted by Gasteiger charge is 2.41. The Kier molecular flexibility index (Phi) is 4.78. The standard InChI is InChI=1S/C18H15F3N2O2S/c19-18(20,21)16-8-2-1-7-15(16)17-9-4-10-23(17)26(24,25)14-6-3-5-13(11-14)12-22/h1-3,5-8,11,17H,4,9-10H2. The van der Waals surface area contributed by atoms with Gasteiger partial charge in [0, 0.05) is 6.54 Å². The Morgan fingerprint density at radius 3 is 2.54 bits per heavy atom. The van der Waals surface area contributed by atoms with E-state index in [1.165, 1.54) is 42.5 Å². The molecule has 0 radical (unpaired) electrons. The molecule has 8 heteroatoms. The molecule has 2 aromatic carbocycles. The fourth-order valence-corrected chi connectivity index (χ4v) is 4.97. The molecule has 0 N–H and O–H groups in total. The van der Waals surface area contributed by atoms with Crippen molar-refractivity contribution in [3.05, 3.63) is 65.2 Å². The first-order valence-electron chi connectivity index (χ1n) is 7.93. The smallest absolute Gasteiger partial charge is 0.207 e. The van der Waals surface area contributed by atoms with Gasteiger partial charge < -0.3 is 0 Å². The fourth-order valence-electron chi connectivity index (χ4n) is 3.25. The van der Waals surface area contributed by atoms with E-state index in [9.17, 15) is 21.6 Å². The number of sulfonamides is 1. The molecule has 1 saturated heterocycles. The molecule has 0 amide bonds. The highest BCUT2D eigenvalue weighted by Crippen LogP contribution is 2.42. The number of benzene rings is 2. The van der Waals surface area contributed by atoms with Crippen LogP contribution >= 0.6 is 0 Å². The highest BCUT2D eigenvalue weighted by atomic mass is 32.2. The zero-order valence-corrected chi connectivity index (χ0v) is 14.4. The predicted molar refractivity (Wildman–Crippen MR) is 88.5 cm³/mol. The molecule has 3 rings (SSSR count). The van der Waals surface area contributed by atoms with Crippen molar-refractivity contribution in [3.63, 3.8) is 0 Å². The Morgan fingerprint density at radius 1 is 1.12 bits per heavy atom. The Labute approximate surface area is 149 Å². The van der Waals surface area contributed by atoms with Gasteiger partial charge in [-0.25, -0.2) is 8.42 Å². The Balaban J connectivity index is 2.06. The second kappa shape index (κ2) is 6.74. The molecular formula is C18H15F3N2O2S. The molecule has 1 unspecified atom stereocenters. The van der Waals surface area contributed by atoms with Crippen LogP contribution in [0.15, 0.2) is 53.4 Å². The van der Waals surface area contributed by atoms with E-state index in [2.05, 4.69) is 0 Å². The maximum absolute atomic E-state index is 13.3. The van der Waals surface area contributed by atoms with Crippen molar-refractivity contribution in [2.24, 2.45) is 0 Å². The predicted octanol–water partition coefficient (Wildman–Crippen LogP) is 4.10. The van der Waals surface area contributed by atoms with Crippen molar-refractivity contribution < 1.29 is 21.6 Å². The van der Waals surface area contributed by atoms with E-state index < -0.39 is 27.8 Å². The number of halogens is 3. The molecule has 0 saturated carbocycles. The summed E-state index contributed by atoms with van der Waals surface area (Å²) in [6.45, 7) is 0.135. The van der Waals surface area contributed by atoms with Gasteiger partial charge in [-0.05, 0) is 42.7 Å². The van der Waals surface area contributed by atoms with E-state index in [0.29, 0.717) is 12.8 Å². The zero-order chi connectivity index (χ0) is 18.9. The molecule has 4 nitrogen and oxygen atoms in total. The van der Waals surface area contributed by atoms with Crippen LogP contribution in [0.5, 0.6) is 0 Å². The van der Waals surface area contributed by atoms with Crippen LogP contribution in [0.3, 0.4) is 0 Å². The summed E-state index contributed by atoms with van der Waals surface area (Å²) < 4.78 is 67.1. The highest BCUT2D eigenvalue weighted by molar-refractivity contribution is 7.89. The SMILES string of the molecule is N#Cc1cccc(S(=O)(=O)N2CCCC2c2ccccc2C(F)(F)F)c1. The largest absolute Gasteiger partial charge is 0.416 e. The third kappa shape index (κ3) is 3.32. The van der Waals surface area contributed by atoms with Crippen molar-refractivity contribution in [2.75, 3.05) is 6.54 Å². The summed E-state index contributed by atoms with van der Waals surface area (Å²) in [5.74, 6) is 0. The van der Waals surface area contributed by atoms with Gasteiger partial charge in [-0.15, -0.1) is 0 Å². The van der Waals surface area contributed by atoms with Gasteiger partial charge in [0.1, 0.15) is 0 Å². The zero-order valence-electron chi connectivity index (χ0n) is 13.6. The second-order valence-corrected chi connectivity index (χ2v) is 7.89. The maximum Gasteiger partial charge on any atom is 0.416 e. The van der Waals surface area contributed by atoms with E-state index in [1.807, 2.05) is 6.07 Å². The lowest BCUT2D eigenvalue weighted by atomic mass is 9.99. The lowest BCUT2D eigenvalue weighted by molar-refractivity contribution is -0.138. The van der Waals surface area contributed by atoms with Gasteiger partial charge >= 0.3 is 6.18 Å². The Hall–Kier alpha value is -2.37. The van der Waals surface area contributed by atoms with Crippen LogP contribution in [0.2, 0.25) is 0 Å². The first-order chi connectivity index (χ1) is 12.2. The molecule has 1 aliphatic rings. The Morgan fingerprint density at radius 2 is 1.85 bits per heavy atom. The van der Waals surface area contributed by atoms with Gasteiger partial charge in [-0.1, -0.05) is 24.3 Å². The molecule has 136 valence electrons. The van der Waals surface area contributed by atoms with Gasteiger partial charge in [-0.3, -0.25) is 0 Å². The number of alkyl halides is 3. The van der Waals surface area contributed by atoms with E-state index in [-0.39, 0.29) is 22.6 Å². The van der Waals surface area contributed by atoms with Gasteiger partial charge in [0.2, 0.25) is 10.0 Å². The number of hydrogen-bond acceptors (Lipinski definition) is 3. The minimum absolute atomic E-state index is 0.0440. The van der Waals surface area contributed by atoms with Gasteiger partial charge in [-0.2, -0.15) is 22.7 Å². The maximum atomic E-state index is 13.3. The molecule has 0 aromatic heterocycles. The molecular weight excluding hydrogens is 365 g/mol. The van der Waals surface area contributed by atoms with Crippen molar-refractivity contribution in [2.45, 2.75) is 30.0 Å². The van der Waals surface area contributed by atoms with Crippen molar-refractivity contribution in [1.29, 1.82) is 5.26 Å². The Bertz CT molecular complexity index is 965. The number of nitrogens with zero attached hydrogens (tertiary/aromatic N) is 2. The van der Waals surface area contributed by atoms with Crippen LogP contribution in [0, 0.1) is 11.3 Å². The first kappa shape index (κ1) is 18.4. The van der Waals surface area contributed by atoms with E-state index in [4.69, 9.17) is 5.26 Å². The second-order valence-electron chi connectivity index (χ2n) is 6.00. The van der Waals surface area contributed by atoms with Crippen LogP contribution in [0.4, 0.5) is 13.2 Å². The van der Waals surface area contributed by atoms with Gasteiger partial charge in [0.05, 0.1) is 28.1 Å². The molecule has 1 heterocycles. The summed E-state index contributed by atoms with van der Waals surface area (Å²) in [6.07, 6.45) is -3.78. The van der Waals surface area contributed by atoms with E-state index in [0.717, 1.165) is 10.4 Å². The molecule has 1 aliphatic heterocycles. The molecule has 0 aliphatic carbocycles. The van der Waals surface area contributed by atoms with Crippen molar-refractivity contribution >= 4 is 10.0 Å². The number of nitriles is 1. The average Bonchev–Trinajstić information content (AvgIpc) is 3.11. The van der Waals surface area contributed by atoms with Crippen LogP contribution in [-0.4, -0.2) is 19.3 Å².